The van der Waals surface area contributed by atoms with Gasteiger partial charge in [-0.25, -0.2) is 27.0 Å². The van der Waals surface area contributed by atoms with Crippen molar-refractivity contribution in [2.75, 3.05) is 11.5 Å². The van der Waals surface area contributed by atoms with Crippen LogP contribution in [0.4, 0.5) is 0 Å². The van der Waals surface area contributed by atoms with E-state index in [1.165, 1.54) is 0 Å². The van der Waals surface area contributed by atoms with Gasteiger partial charge < -0.3 is 0 Å². The predicted molar refractivity (Wildman–Crippen MR) is 63.9 cm³/mol. The van der Waals surface area contributed by atoms with Crippen LogP contribution in [-0.2, 0) is 26.3 Å². The van der Waals surface area contributed by atoms with Gasteiger partial charge in [-0.3, -0.25) is 0 Å². The second-order valence-corrected chi connectivity index (χ2v) is 8.18. The van der Waals surface area contributed by atoms with Crippen molar-refractivity contribution in [1.82, 2.24) is 9.36 Å². The molecule has 0 saturated carbocycles. The Morgan fingerprint density at radius 3 is 2.41 bits per heavy atom. The smallest absolute Gasteiger partial charge is 0.228 e. The molecule has 2 N–H and O–H groups in total. The molecule has 10 heteroatoms. The number of nitrogens with zero attached hydrogens (tertiary/aromatic N) is 2. The summed E-state index contributed by atoms with van der Waals surface area (Å²) in [4.78, 5) is 3.86. The maximum atomic E-state index is 11.7. The topological polar surface area (TPSA) is 120 Å². The van der Waals surface area contributed by atoms with Gasteiger partial charge in [-0.2, -0.15) is 4.37 Å². The molecule has 0 radical (unpaired) electrons. The highest BCUT2D eigenvalue weighted by atomic mass is 32.2. The van der Waals surface area contributed by atoms with Crippen molar-refractivity contribution in [3.05, 3.63) is 5.82 Å². The van der Waals surface area contributed by atoms with Crippen LogP contribution in [0.15, 0.2) is 4.34 Å². The number of primary sulfonamides is 1. The number of sulfonamides is 1. The Morgan fingerprint density at radius 1 is 1.24 bits per heavy atom. The summed E-state index contributed by atoms with van der Waals surface area (Å²) in [7, 11) is -7.50. The second-order valence-electron chi connectivity index (χ2n) is 3.41. The van der Waals surface area contributed by atoms with Crippen molar-refractivity contribution >= 4 is 31.4 Å². The fraction of sp³-hybridized carbons (Fsp3) is 0.714. The molecule has 0 fully saturated rings. The lowest BCUT2D eigenvalue weighted by atomic mass is 10.3. The molecular weight excluding hydrogens is 286 g/mol. The SMILES string of the molecule is CCCc1nsc(S(=O)(=O)CCS(N)(=O)=O)n1. The average Bonchev–Trinajstić information content (AvgIpc) is 2.64. The van der Waals surface area contributed by atoms with E-state index in [1.807, 2.05) is 6.92 Å². The zero-order chi connectivity index (χ0) is 13.1. The predicted octanol–water partition coefficient (Wildman–Crippen LogP) is -0.447. The maximum absolute atomic E-state index is 11.7. The molecule has 1 heterocycles. The lowest BCUT2D eigenvalue weighted by Crippen LogP contribution is -2.23. The van der Waals surface area contributed by atoms with Gasteiger partial charge in [0.15, 0.2) is 0 Å². The first-order valence-electron chi connectivity index (χ1n) is 4.80. The third-order valence-corrected chi connectivity index (χ3v) is 5.76. The molecule has 1 aromatic rings. The van der Waals surface area contributed by atoms with Crippen LogP contribution in [-0.4, -0.2) is 37.7 Å². The Bertz CT molecular complexity index is 575. The molecule has 98 valence electrons. The van der Waals surface area contributed by atoms with E-state index in [0.29, 0.717) is 12.2 Å². The molecule has 0 bridgehead atoms. The van der Waals surface area contributed by atoms with Crippen molar-refractivity contribution in [2.24, 2.45) is 5.14 Å². The molecule has 0 aliphatic rings. The van der Waals surface area contributed by atoms with Crippen LogP contribution < -0.4 is 5.14 Å². The molecule has 1 rings (SSSR count). The highest BCUT2D eigenvalue weighted by Crippen LogP contribution is 2.14. The lowest BCUT2D eigenvalue weighted by Gasteiger charge is -1.98. The Labute approximate surface area is 104 Å². The quantitative estimate of drug-likeness (QED) is 0.759. The minimum absolute atomic E-state index is 0.149. The molecule has 0 spiro atoms. The van der Waals surface area contributed by atoms with Gasteiger partial charge in [0.2, 0.25) is 24.2 Å². The molecule has 1 aromatic heterocycles. The van der Waals surface area contributed by atoms with E-state index in [4.69, 9.17) is 5.14 Å². The first-order valence-corrected chi connectivity index (χ1v) is 8.94. The largest absolute Gasteiger partial charge is 0.229 e. The first-order chi connectivity index (χ1) is 7.74. The summed E-state index contributed by atoms with van der Waals surface area (Å²) in [5, 5.41) is 4.75. The second kappa shape index (κ2) is 5.38. The monoisotopic (exact) mass is 299 g/mol. The number of nitrogens with two attached hydrogens (primary N) is 1. The molecule has 0 atom stereocenters. The Hall–Kier alpha value is -0.580. The summed E-state index contributed by atoms with van der Waals surface area (Å²) in [6, 6.07) is 0. The van der Waals surface area contributed by atoms with E-state index >= 15 is 0 Å². The van der Waals surface area contributed by atoms with Crippen molar-refractivity contribution in [3.63, 3.8) is 0 Å². The van der Waals surface area contributed by atoms with E-state index < -0.39 is 31.4 Å². The zero-order valence-electron chi connectivity index (χ0n) is 9.16. The average molecular weight is 299 g/mol. The number of hydrogen-bond acceptors (Lipinski definition) is 7. The van der Waals surface area contributed by atoms with Crippen molar-refractivity contribution in [2.45, 2.75) is 24.1 Å². The van der Waals surface area contributed by atoms with Gasteiger partial charge in [0.25, 0.3) is 0 Å². The normalized spacial score (nSPS) is 12.8. The van der Waals surface area contributed by atoms with Crippen molar-refractivity contribution in [1.29, 1.82) is 0 Å². The van der Waals surface area contributed by atoms with E-state index in [-0.39, 0.29) is 4.34 Å². The van der Waals surface area contributed by atoms with Gasteiger partial charge in [-0.1, -0.05) is 6.92 Å². The summed E-state index contributed by atoms with van der Waals surface area (Å²) >= 11 is 0.762. The third kappa shape index (κ3) is 4.66. The minimum atomic E-state index is -3.79. The Morgan fingerprint density at radius 2 is 1.88 bits per heavy atom. The van der Waals surface area contributed by atoms with Crippen LogP contribution in [0.25, 0.3) is 0 Å². The number of aromatic nitrogens is 2. The number of sulfone groups is 1. The highest BCUT2D eigenvalue weighted by molar-refractivity contribution is 7.95. The number of hydrogen-bond donors (Lipinski definition) is 1. The van der Waals surface area contributed by atoms with Crippen LogP contribution in [0.5, 0.6) is 0 Å². The van der Waals surface area contributed by atoms with Crippen LogP contribution in [0, 0.1) is 0 Å². The van der Waals surface area contributed by atoms with Crippen molar-refractivity contribution in [3.8, 4) is 0 Å². The van der Waals surface area contributed by atoms with E-state index in [1.54, 1.807) is 0 Å². The lowest BCUT2D eigenvalue weighted by molar-refractivity contribution is 0.587. The van der Waals surface area contributed by atoms with Crippen molar-refractivity contribution < 1.29 is 16.8 Å². The van der Waals surface area contributed by atoms with Gasteiger partial charge in [0, 0.05) is 6.42 Å². The van der Waals surface area contributed by atoms with Gasteiger partial charge in [0.1, 0.15) is 5.82 Å². The Balaban J connectivity index is 2.82. The molecule has 0 aromatic carbocycles. The van der Waals surface area contributed by atoms with Crippen LogP contribution in [0.3, 0.4) is 0 Å². The summed E-state index contributed by atoms with van der Waals surface area (Å²) in [6.07, 6.45) is 1.41. The molecule has 7 nitrogen and oxygen atoms in total. The van der Waals surface area contributed by atoms with Gasteiger partial charge >= 0.3 is 0 Å². The third-order valence-electron chi connectivity index (χ3n) is 1.83. The van der Waals surface area contributed by atoms with E-state index in [0.717, 1.165) is 18.0 Å². The summed E-state index contributed by atoms with van der Waals surface area (Å²) in [5.41, 5.74) is 0. The summed E-state index contributed by atoms with van der Waals surface area (Å²) in [5.74, 6) is -0.711. The zero-order valence-corrected chi connectivity index (χ0v) is 11.6. The van der Waals surface area contributed by atoms with Crippen LogP contribution in [0.2, 0.25) is 0 Å². The van der Waals surface area contributed by atoms with Gasteiger partial charge in [-0.15, -0.1) is 0 Å². The van der Waals surface area contributed by atoms with E-state index in [2.05, 4.69) is 9.36 Å². The molecule has 17 heavy (non-hydrogen) atoms. The van der Waals surface area contributed by atoms with Gasteiger partial charge in [-0.05, 0) is 18.0 Å². The Kier molecular flexibility index (Phi) is 4.58. The highest BCUT2D eigenvalue weighted by Gasteiger charge is 2.22. The standard InChI is InChI=1S/C7H13N3O4S3/c1-2-3-6-9-7(15-10-6)16(11,12)4-5-17(8,13)14/h2-5H2,1H3,(H2,8,13,14). The molecule has 0 amide bonds. The summed E-state index contributed by atoms with van der Waals surface area (Å²) < 4.78 is 48.5. The van der Waals surface area contributed by atoms with E-state index in [9.17, 15) is 16.8 Å². The number of aryl methyl sites for hydroxylation is 1. The first kappa shape index (κ1) is 14.5. The molecule has 0 aliphatic carbocycles. The van der Waals surface area contributed by atoms with Crippen LogP contribution in [0.1, 0.15) is 19.2 Å². The molecule has 0 saturated heterocycles. The molecular formula is C7H13N3O4S3. The maximum Gasteiger partial charge on any atom is 0.228 e. The van der Waals surface area contributed by atoms with Gasteiger partial charge in [0.05, 0.1) is 11.5 Å². The minimum Gasteiger partial charge on any atom is -0.229 e. The van der Waals surface area contributed by atoms with Crippen LogP contribution >= 0.6 is 11.5 Å². The fourth-order valence-corrected chi connectivity index (χ4v) is 4.51. The molecule has 0 aliphatic heterocycles. The summed E-state index contributed by atoms with van der Waals surface area (Å²) in [6.45, 7) is 1.93. The fourth-order valence-electron chi connectivity index (χ4n) is 1.00. The molecule has 0 unspecified atom stereocenters. The number of rotatable bonds is 6.